The van der Waals surface area contributed by atoms with Gasteiger partial charge in [-0.15, -0.1) is 0 Å². The lowest BCUT2D eigenvalue weighted by Crippen LogP contribution is -2.77. The van der Waals surface area contributed by atoms with Crippen LogP contribution in [-0.2, 0) is 76.0 Å². The molecule has 10 rings (SSSR count). The zero-order chi connectivity index (χ0) is 67.8. The van der Waals surface area contributed by atoms with E-state index < -0.39 is 235 Å². The molecule has 33 atom stereocenters. The van der Waals surface area contributed by atoms with E-state index in [1.165, 1.54) is 20.8 Å². The van der Waals surface area contributed by atoms with Gasteiger partial charge in [0.1, 0.15) is 103 Å². The first-order valence-corrected chi connectivity index (χ1v) is 32.2. The van der Waals surface area contributed by atoms with Crippen LogP contribution in [0.15, 0.2) is 11.6 Å². The minimum Gasteiger partial charge on any atom is -0.479 e. The zero-order valence-corrected chi connectivity index (χ0v) is 54.2. The first-order valence-electron chi connectivity index (χ1n) is 32.2. The Labute approximate surface area is 533 Å². The summed E-state index contributed by atoms with van der Waals surface area (Å²) in [7, 11) is 0. The van der Waals surface area contributed by atoms with Gasteiger partial charge in [0.25, 0.3) is 0 Å². The summed E-state index contributed by atoms with van der Waals surface area (Å²) < 4.78 is 75.5. The van der Waals surface area contributed by atoms with Gasteiger partial charge in [0.2, 0.25) is 0 Å². The van der Waals surface area contributed by atoms with Gasteiger partial charge in [-0.1, -0.05) is 54.5 Å². The quantitative estimate of drug-likeness (QED) is 0.0392. The SMILES string of the molecule is C/C=C(/C)C(=O)O[C@H]1[C@@H](OC(C)=O)[C@]23[C@@H](OC(C)=O)C[C@@]4(C)[C@]5(C)CC[C@H]6C(C)(C)[C@H](O[C@@H]7O[C@@H](C(=O)O)[C@@H](O)[C@H](O[C@@H]8O[C@H](CO)[C@@H](O)[C@H](O)[C@H]8O[C@@H]8O[C@H](C)[C@@H](O)[C@H](O)[C@@H]8O)[C@H]7O[C@@H]7O[C@@H](CO)[C@H](O)[C@H](O)[C@@H]7O)CC[C@@]6(C)[C@@H]5CC[C@@]4(O[C@@H]2O)[C@H]3CC1(C)C. The maximum atomic E-state index is 13.7. The maximum Gasteiger partial charge on any atom is 0.335 e. The number of allylic oxidation sites excluding steroid dienone is 1. The van der Waals surface area contributed by atoms with Crippen molar-refractivity contribution in [3.8, 4) is 0 Å². The monoisotopic (exact) mass is 1320 g/mol. The van der Waals surface area contributed by atoms with Gasteiger partial charge in [-0.2, -0.15) is 0 Å². The largest absolute Gasteiger partial charge is 0.479 e. The predicted octanol–water partition coefficient (Wildman–Crippen LogP) is -1.31. The van der Waals surface area contributed by atoms with Crippen LogP contribution in [0.25, 0.3) is 0 Å². The van der Waals surface area contributed by atoms with E-state index in [0.717, 1.165) is 0 Å². The van der Waals surface area contributed by atoms with Crippen molar-refractivity contribution in [2.45, 2.75) is 294 Å². The highest BCUT2D eigenvalue weighted by Gasteiger charge is 2.86. The number of esters is 3. The molecule has 5 saturated carbocycles. The second-order valence-electron chi connectivity index (χ2n) is 29.8. The Balaban J connectivity index is 0.989. The van der Waals surface area contributed by atoms with Crippen LogP contribution >= 0.6 is 0 Å². The summed E-state index contributed by atoms with van der Waals surface area (Å²) >= 11 is 0. The summed E-state index contributed by atoms with van der Waals surface area (Å²) in [5.41, 5.74) is -6.14. The number of rotatable bonds is 15. The normalized spacial score (nSPS) is 52.1. The zero-order valence-electron chi connectivity index (χ0n) is 54.2. The van der Waals surface area contributed by atoms with Gasteiger partial charge in [0, 0.05) is 36.2 Å². The average molecular weight is 1320 g/mol. The molecule has 92 heavy (non-hydrogen) atoms. The molecule has 29 heteroatoms. The average Bonchev–Trinajstić information content (AvgIpc) is 1.36. The molecule has 524 valence electrons. The molecule has 1 spiro atoms. The number of hydrogen-bond acceptors (Lipinski definition) is 28. The Bertz CT molecular complexity index is 2750. The van der Waals surface area contributed by atoms with Crippen LogP contribution in [0.5, 0.6) is 0 Å². The second-order valence-corrected chi connectivity index (χ2v) is 29.8. The molecule has 0 amide bonds. The molecule has 5 heterocycles. The van der Waals surface area contributed by atoms with Crippen LogP contribution in [-0.4, -0.2) is 263 Å². The Morgan fingerprint density at radius 1 is 0.533 bits per heavy atom. The number of ether oxygens (including phenoxy) is 12. The van der Waals surface area contributed by atoms with Crippen molar-refractivity contribution < 1.29 is 142 Å². The summed E-state index contributed by atoms with van der Waals surface area (Å²) in [5, 5.41) is 145. The lowest BCUT2D eigenvalue weighted by Gasteiger charge is -2.75. The lowest BCUT2D eigenvalue weighted by molar-refractivity contribution is -0.406. The number of aliphatic hydroxyl groups is 12. The van der Waals surface area contributed by atoms with Crippen LogP contribution < -0.4 is 0 Å². The number of hydrogen-bond donors (Lipinski definition) is 13. The number of aliphatic carboxylic acids is 1. The van der Waals surface area contributed by atoms with E-state index in [9.17, 15) is 85.6 Å². The van der Waals surface area contributed by atoms with Crippen LogP contribution in [0.1, 0.15) is 134 Å². The van der Waals surface area contributed by atoms with Gasteiger partial charge in [0.05, 0.1) is 31.0 Å². The summed E-state index contributed by atoms with van der Waals surface area (Å²) in [6.07, 6.45) is -39.5. The fourth-order valence-electron chi connectivity index (χ4n) is 19.3. The van der Waals surface area contributed by atoms with Crippen LogP contribution in [0.3, 0.4) is 0 Å². The molecule has 0 aromatic carbocycles. The second kappa shape index (κ2) is 25.6. The van der Waals surface area contributed by atoms with Gasteiger partial charge in [-0.05, 0) is 100 Å². The Morgan fingerprint density at radius 3 is 1.68 bits per heavy atom. The molecule has 2 bridgehead atoms. The highest BCUT2D eigenvalue weighted by molar-refractivity contribution is 5.87. The third-order valence-corrected chi connectivity index (χ3v) is 24.3. The van der Waals surface area contributed by atoms with E-state index in [0.29, 0.717) is 44.1 Å². The summed E-state index contributed by atoms with van der Waals surface area (Å²) in [6, 6.07) is 0. The summed E-state index contributed by atoms with van der Waals surface area (Å²) in [6.45, 7) is 19.8. The van der Waals surface area contributed by atoms with Crippen molar-refractivity contribution in [1.82, 2.24) is 0 Å². The van der Waals surface area contributed by atoms with Crippen molar-refractivity contribution in [2.24, 2.45) is 50.2 Å². The number of carboxylic acid groups (broad SMARTS) is 1. The van der Waals surface area contributed by atoms with Crippen molar-refractivity contribution in [2.75, 3.05) is 13.2 Å². The van der Waals surface area contributed by atoms with Gasteiger partial charge in [0.15, 0.2) is 43.7 Å². The number of aliphatic hydroxyl groups excluding tert-OH is 12. The predicted molar refractivity (Wildman–Crippen MR) is 308 cm³/mol. The van der Waals surface area contributed by atoms with E-state index >= 15 is 0 Å². The summed E-state index contributed by atoms with van der Waals surface area (Å²) in [4.78, 5) is 53.9. The minimum atomic E-state index is -2.31. The molecule has 10 aliphatic rings. The van der Waals surface area contributed by atoms with Crippen LogP contribution in [0.2, 0.25) is 0 Å². The number of fused-ring (bicyclic) bond motifs is 4. The Morgan fingerprint density at radius 2 is 1.09 bits per heavy atom. The molecule has 0 unspecified atom stereocenters. The Kier molecular flexibility index (Phi) is 19.9. The first-order chi connectivity index (χ1) is 42.9. The van der Waals surface area contributed by atoms with Crippen molar-refractivity contribution in [1.29, 1.82) is 0 Å². The number of carboxylic acids is 1. The molecule has 0 radical (unpaired) electrons. The maximum absolute atomic E-state index is 13.7. The van der Waals surface area contributed by atoms with Crippen molar-refractivity contribution >= 4 is 23.9 Å². The Hall–Kier alpha value is -3.22. The molecule has 10 fully saturated rings. The van der Waals surface area contributed by atoms with Gasteiger partial charge in [-0.25, -0.2) is 9.59 Å². The van der Waals surface area contributed by atoms with Gasteiger partial charge >= 0.3 is 23.9 Å². The smallest absolute Gasteiger partial charge is 0.335 e. The molecule has 13 N–H and O–H groups in total. The van der Waals surface area contributed by atoms with E-state index in [1.54, 1.807) is 19.9 Å². The standard InChI is InChI=1S/C63H98O29/c1-13-24(2)51(79)91-48-49(83-27(5)67)63-32(20-57(48,6)7)62(92-56(63)80)19-15-31-59(10)17-16-33(58(8,9)30(59)14-18-60(31,11)61(62,12)21-34(63)82-26(4)66)86-55-47(90-53-42(75)39(72)36(69)28(22-64)84-53)44(43(76)45(88-55)50(77)78)87-54-46(40(73)37(70)29(23-65)85-54)89-52-41(74)38(71)35(68)25(3)81-52/h13,25,28-49,52-56,64-65,68-76,80H,14-23H2,1-12H3,(H,77,78)/b24-13-/t25-,28+,29-,30+,31+,32-,33-,34+,35-,36+,37-,38+,39+,40+,41+,42+,43+,44+,45-,46-,47-,48+,49-,52+,53+,54+,55-,56+,59-,60-,61+,62-,63+/m1/s1. The van der Waals surface area contributed by atoms with E-state index in [1.807, 2.05) is 27.7 Å². The number of carbonyl (C=O) groups excluding carboxylic acids is 3. The molecule has 5 saturated heterocycles. The third kappa shape index (κ3) is 11.1. The molecular weight excluding hydrogens is 1220 g/mol. The van der Waals surface area contributed by atoms with Crippen LogP contribution in [0.4, 0.5) is 0 Å². The first kappa shape index (κ1) is 71.5. The van der Waals surface area contributed by atoms with Gasteiger partial charge < -0.3 is 123 Å². The minimum absolute atomic E-state index is 0.0914. The summed E-state index contributed by atoms with van der Waals surface area (Å²) in [5.74, 6) is -4.61. The topological polar surface area (TPSA) is 442 Å². The molecule has 5 aliphatic heterocycles. The van der Waals surface area contributed by atoms with E-state index in [4.69, 9.17) is 56.8 Å². The molecule has 29 nitrogen and oxygen atoms in total. The lowest BCUT2D eigenvalue weighted by atomic mass is 9.30. The molecule has 0 aromatic rings. The van der Waals surface area contributed by atoms with Crippen LogP contribution in [0, 0.1) is 50.2 Å². The fourth-order valence-corrected chi connectivity index (χ4v) is 19.3. The van der Waals surface area contributed by atoms with E-state index in [-0.39, 0.29) is 24.7 Å². The van der Waals surface area contributed by atoms with Crippen molar-refractivity contribution in [3.63, 3.8) is 0 Å². The number of carbonyl (C=O) groups is 4. The van der Waals surface area contributed by atoms with E-state index in [2.05, 4.69) is 20.8 Å². The molecular formula is C63H98O29. The van der Waals surface area contributed by atoms with Crippen molar-refractivity contribution in [3.05, 3.63) is 11.6 Å². The fraction of sp³-hybridized carbons (Fsp3) is 0.905. The molecule has 0 aromatic heterocycles. The molecule has 5 aliphatic carbocycles. The highest BCUT2D eigenvalue weighted by Crippen LogP contribution is 2.82. The highest BCUT2D eigenvalue weighted by atomic mass is 16.8. The third-order valence-electron chi connectivity index (χ3n) is 24.3. The van der Waals surface area contributed by atoms with Gasteiger partial charge in [-0.3, -0.25) is 9.59 Å².